The number of benzene rings is 3. The second-order valence-electron chi connectivity index (χ2n) is 5.38. The topological polar surface area (TPSA) is 46.5 Å². The van der Waals surface area contributed by atoms with Crippen LogP contribution in [-0.4, -0.2) is 24.3 Å². The number of hydrogen-bond acceptors (Lipinski definition) is 3. The van der Waals surface area contributed by atoms with Crippen molar-refractivity contribution in [2.24, 2.45) is 0 Å². The van der Waals surface area contributed by atoms with Crippen LogP contribution in [0.15, 0.2) is 78.9 Å². The molecular formula is C21H18O3. The van der Waals surface area contributed by atoms with E-state index < -0.39 is 5.97 Å². The minimum absolute atomic E-state index is 0.0154. The molecule has 0 bridgehead atoms. The Morgan fingerprint density at radius 2 is 1.17 bits per heavy atom. The minimum atomic E-state index is -0.421. The average molecular weight is 318 g/mol. The molecule has 0 saturated carbocycles. The summed E-state index contributed by atoms with van der Waals surface area (Å²) in [6.07, 6.45) is 0. The fourth-order valence-corrected chi connectivity index (χ4v) is 2.51. The molecule has 0 spiro atoms. The van der Waals surface area contributed by atoms with Crippen molar-refractivity contribution in [3.63, 3.8) is 0 Å². The number of rotatable bonds is 5. The molecule has 0 aromatic heterocycles. The molecule has 0 aliphatic rings. The SMILES string of the molecule is O=C(OCCO)c1ccc(-c2ccc(-c3ccccc3)cc2)cc1. The number of aliphatic hydroxyl groups is 1. The van der Waals surface area contributed by atoms with Crippen LogP contribution in [0, 0.1) is 0 Å². The molecule has 0 aliphatic heterocycles. The third-order valence-electron chi connectivity index (χ3n) is 3.77. The van der Waals surface area contributed by atoms with E-state index in [0.29, 0.717) is 5.56 Å². The quantitative estimate of drug-likeness (QED) is 0.718. The molecule has 0 heterocycles. The molecule has 3 nitrogen and oxygen atoms in total. The number of carbonyl (C=O) groups excluding carboxylic acids is 1. The van der Waals surface area contributed by atoms with E-state index in [1.807, 2.05) is 30.3 Å². The lowest BCUT2D eigenvalue weighted by Gasteiger charge is -2.06. The zero-order chi connectivity index (χ0) is 16.8. The largest absolute Gasteiger partial charge is 0.460 e. The minimum Gasteiger partial charge on any atom is -0.460 e. The van der Waals surface area contributed by atoms with Crippen LogP contribution in [0.5, 0.6) is 0 Å². The van der Waals surface area contributed by atoms with Gasteiger partial charge < -0.3 is 9.84 Å². The van der Waals surface area contributed by atoms with Gasteiger partial charge in [0.2, 0.25) is 0 Å². The lowest BCUT2D eigenvalue weighted by molar-refractivity contribution is 0.0434. The average Bonchev–Trinajstić information content (AvgIpc) is 2.67. The van der Waals surface area contributed by atoms with Gasteiger partial charge in [0.15, 0.2) is 0 Å². The second-order valence-corrected chi connectivity index (χ2v) is 5.38. The van der Waals surface area contributed by atoms with E-state index in [1.165, 1.54) is 11.1 Å². The summed E-state index contributed by atoms with van der Waals surface area (Å²) < 4.78 is 4.90. The van der Waals surface area contributed by atoms with Gasteiger partial charge in [0, 0.05) is 0 Å². The lowest BCUT2D eigenvalue weighted by atomic mass is 10.00. The summed E-state index contributed by atoms with van der Waals surface area (Å²) in [5.74, 6) is -0.421. The van der Waals surface area contributed by atoms with Gasteiger partial charge in [-0.1, -0.05) is 66.7 Å². The van der Waals surface area contributed by atoms with E-state index >= 15 is 0 Å². The lowest BCUT2D eigenvalue weighted by Crippen LogP contribution is -2.08. The molecule has 24 heavy (non-hydrogen) atoms. The highest BCUT2D eigenvalue weighted by Gasteiger charge is 2.07. The Kier molecular flexibility index (Phi) is 5.04. The Bertz CT molecular complexity index is 791. The fraction of sp³-hybridized carbons (Fsp3) is 0.0952. The summed E-state index contributed by atoms with van der Waals surface area (Å²) in [4.78, 5) is 11.7. The summed E-state index contributed by atoms with van der Waals surface area (Å²) >= 11 is 0. The van der Waals surface area contributed by atoms with Gasteiger partial charge >= 0.3 is 5.97 Å². The second kappa shape index (κ2) is 7.57. The molecule has 0 aliphatic carbocycles. The van der Waals surface area contributed by atoms with E-state index in [-0.39, 0.29) is 13.2 Å². The van der Waals surface area contributed by atoms with E-state index in [9.17, 15) is 4.79 Å². The van der Waals surface area contributed by atoms with Crippen LogP contribution in [0.25, 0.3) is 22.3 Å². The number of hydrogen-bond donors (Lipinski definition) is 1. The fourth-order valence-electron chi connectivity index (χ4n) is 2.51. The Balaban J connectivity index is 1.76. The molecule has 3 heteroatoms. The Labute approximate surface area is 141 Å². The number of ether oxygens (including phenoxy) is 1. The molecular weight excluding hydrogens is 300 g/mol. The van der Waals surface area contributed by atoms with Gasteiger partial charge in [-0.2, -0.15) is 0 Å². The molecule has 0 amide bonds. The molecule has 1 N–H and O–H groups in total. The van der Waals surface area contributed by atoms with Gasteiger partial charge in [0.05, 0.1) is 12.2 Å². The van der Waals surface area contributed by atoms with Crippen molar-refractivity contribution in [2.75, 3.05) is 13.2 Å². The molecule has 3 aromatic rings. The molecule has 0 saturated heterocycles. The van der Waals surface area contributed by atoms with Gasteiger partial charge in [0.25, 0.3) is 0 Å². The third-order valence-corrected chi connectivity index (χ3v) is 3.77. The van der Waals surface area contributed by atoms with Gasteiger partial charge in [0.1, 0.15) is 6.61 Å². The first-order valence-electron chi connectivity index (χ1n) is 7.82. The molecule has 0 radical (unpaired) electrons. The van der Waals surface area contributed by atoms with E-state index in [2.05, 4.69) is 36.4 Å². The summed E-state index contributed by atoms with van der Waals surface area (Å²) in [5, 5.41) is 8.68. The highest BCUT2D eigenvalue weighted by molar-refractivity contribution is 5.90. The van der Waals surface area contributed by atoms with E-state index in [0.717, 1.165) is 11.1 Å². The zero-order valence-corrected chi connectivity index (χ0v) is 13.2. The standard InChI is InChI=1S/C21H18O3/c22-14-15-24-21(23)20-12-10-19(11-13-20)18-8-6-17(7-9-18)16-4-2-1-3-5-16/h1-13,22H,14-15H2. The van der Waals surface area contributed by atoms with Gasteiger partial charge in [-0.05, 0) is 34.4 Å². The predicted molar refractivity (Wildman–Crippen MR) is 94.7 cm³/mol. The summed E-state index contributed by atoms with van der Waals surface area (Å²) in [5.41, 5.74) is 4.96. The normalized spacial score (nSPS) is 10.4. The monoisotopic (exact) mass is 318 g/mol. The maximum atomic E-state index is 11.7. The Morgan fingerprint density at radius 3 is 1.67 bits per heavy atom. The summed E-state index contributed by atoms with van der Waals surface area (Å²) in [6, 6.07) is 25.8. The highest BCUT2D eigenvalue weighted by atomic mass is 16.5. The van der Waals surface area contributed by atoms with Crippen LogP contribution in [0.2, 0.25) is 0 Å². The van der Waals surface area contributed by atoms with Crippen molar-refractivity contribution in [1.29, 1.82) is 0 Å². The molecule has 0 atom stereocenters. The van der Waals surface area contributed by atoms with Crippen molar-refractivity contribution in [2.45, 2.75) is 0 Å². The summed E-state index contributed by atoms with van der Waals surface area (Å²) in [7, 11) is 0. The smallest absolute Gasteiger partial charge is 0.338 e. The molecule has 120 valence electrons. The molecule has 3 aromatic carbocycles. The van der Waals surface area contributed by atoms with Crippen LogP contribution in [0.1, 0.15) is 10.4 Å². The first kappa shape index (κ1) is 16.0. The molecule has 0 unspecified atom stereocenters. The van der Waals surface area contributed by atoms with Crippen molar-refractivity contribution >= 4 is 5.97 Å². The maximum Gasteiger partial charge on any atom is 0.338 e. The van der Waals surface area contributed by atoms with Crippen LogP contribution in [0.4, 0.5) is 0 Å². The van der Waals surface area contributed by atoms with Gasteiger partial charge in [-0.3, -0.25) is 0 Å². The van der Waals surface area contributed by atoms with Crippen LogP contribution >= 0.6 is 0 Å². The first-order valence-corrected chi connectivity index (χ1v) is 7.82. The first-order chi connectivity index (χ1) is 11.8. The van der Waals surface area contributed by atoms with Gasteiger partial charge in [-0.15, -0.1) is 0 Å². The molecule has 3 rings (SSSR count). The predicted octanol–water partition coefficient (Wildman–Crippen LogP) is 4.17. The van der Waals surface area contributed by atoms with Crippen LogP contribution in [0.3, 0.4) is 0 Å². The Hall–Kier alpha value is -2.91. The maximum absolute atomic E-state index is 11.7. The molecule has 0 fully saturated rings. The van der Waals surface area contributed by atoms with Crippen molar-refractivity contribution < 1.29 is 14.6 Å². The van der Waals surface area contributed by atoms with E-state index in [1.54, 1.807) is 12.1 Å². The number of carbonyl (C=O) groups is 1. The van der Waals surface area contributed by atoms with Crippen molar-refractivity contribution in [1.82, 2.24) is 0 Å². The van der Waals surface area contributed by atoms with Crippen molar-refractivity contribution in [3.05, 3.63) is 84.4 Å². The highest BCUT2D eigenvalue weighted by Crippen LogP contribution is 2.25. The van der Waals surface area contributed by atoms with Crippen LogP contribution in [-0.2, 0) is 4.74 Å². The van der Waals surface area contributed by atoms with Crippen molar-refractivity contribution in [3.8, 4) is 22.3 Å². The number of aliphatic hydroxyl groups excluding tert-OH is 1. The van der Waals surface area contributed by atoms with E-state index in [4.69, 9.17) is 9.84 Å². The zero-order valence-electron chi connectivity index (χ0n) is 13.2. The third kappa shape index (κ3) is 3.70. The summed E-state index contributed by atoms with van der Waals surface area (Å²) in [6.45, 7) is -0.154. The Morgan fingerprint density at radius 1 is 0.708 bits per heavy atom. The van der Waals surface area contributed by atoms with Gasteiger partial charge in [-0.25, -0.2) is 4.79 Å². The van der Waals surface area contributed by atoms with Crippen LogP contribution < -0.4 is 0 Å². The number of esters is 1.